The highest BCUT2D eigenvalue weighted by atomic mass is 19.1. The summed E-state index contributed by atoms with van der Waals surface area (Å²) in [6.07, 6.45) is 2.05. The maximum atomic E-state index is 12.8. The summed E-state index contributed by atoms with van der Waals surface area (Å²) in [5, 5.41) is 0. The Morgan fingerprint density at radius 1 is 1.33 bits per heavy atom. The van der Waals surface area contributed by atoms with E-state index in [9.17, 15) is 4.39 Å². The van der Waals surface area contributed by atoms with Crippen LogP contribution in [0.25, 0.3) is 0 Å². The smallest absolute Gasteiger partial charge is 0.123 e. The average Bonchev–Trinajstić information content (AvgIpc) is 2.31. The number of nitrogens with two attached hydrogens (primary N) is 1. The normalized spacial score (nSPS) is 26.5. The SMILES string of the molecule is NCC1(c2ccc(F)cc2)CCCOC1. The summed E-state index contributed by atoms with van der Waals surface area (Å²) in [5.41, 5.74) is 6.82. The molecule has 3 heteroatoms. The Morgan fingerprint density at radius 3 is 2.60 bits per heavy atom. The van der Waals surface area contributed by atoms with Gasteiger partial charge in [-0.2, -0.15) is 0 Å². The number of hydrogen-bond donors (Lipinski definition) is 1. The Hall–Kier alpha value is -0.930. The third kappa shape index (κ3) is 2.03. The Balaban J connectivity index is 2.28. The molecule has 1 aliphatic rings. The van der Waals surface area contributed by atoms with Gasteiger partial charge in [-0.15, -0.1) is 0 Å². The molecule has 82 valence electrons. The third-order valence-corrected chi connectivity index (χ3v) is 3.17. The van der Waals surface area contributed by atoms with Crippen LogP contribution in [0.5, 0.6) is 0 Å². The van der Waals surface area contributed by atoms with Crippen molar-refractivity contribution in [3.05, 3.63) is 35.6 Å². The number of benzene rings is 1. The molecule has 0 radical (unpaired) electrons. The van der Waals surface area contributed by atoms with Crippen LogP contribution in [-0.2, 0) is 10.2 Å². The van der Waals surface area contributed by atoms with Crippen LogP contribution < -0.4 is 5.73 Å². The fourth-order valence-electron chi connectivity index (χ4n) is 2.16. The summed E-state index contributed by atoms with van der Waals surface area (Å²) in [6, 6.07) is 6.61. The highest BCUT2D eigenvalue weighted by molar-refractivity contribution is 5.27. The molecular weight excluding hydrogens is 193 g/mol. The van der Waals surface area contributed by atoms with Gasteiger partial charge in [-0.3, -0.25) is 0 Å². The molecular formula is C12H16FNO. The van der Waals surface area contributed by atoms with E-state index < -0.39 is 0 Å². The van der Waals surface area contributed by atoms with Crippen LogP contribution in [0, 0.1) is 5.82 Å². The van der Waals surface area contributed by atoms with E-state index in [-0.39, 0.29) is 11.2 Å². The predicted molar refractivity (Wildman–Crippen MR) is 57.2 cm³/mol. The first-order valence-corrected chi connectivity index (χ1v) is 5.31. The van der Waals surface area contributed by atoms with Crippen molar-refractivity contribution in [3.8, 4) is 0 Å². The van der Waals surface area contributed by atoms with Crippen LogP contribution in [0.15, 0.2) is 24.3 Å². The van der Waals surface area contributed by atoms with Crippen LogP contribution in [0.2, 0.25) is 0 Å². The first-order valence-electron chi connectivity index (χ1n) is 5.31. The molecule has 2 nitrogen and oxygen atoms in total. The molecule has 0 saturated carbocycles. The lowest BCUT2D eigenvalue weighted by Crippen LogP contribution is -2.42. The van der Waals surface area contributed by atoms with Crippen molar-refractivity contribution < 1.29 is 9.13 Å². The quantitative estimate of drug-likeness (QED) is 0.806. The standard InChI is InChI=1S/C12H16FNO/c13-11-4-2-10(3-5-11)12(8-14)6-1-7-15-9-12/h2-5H,1,6-9,14H2. The first kappa shape index (κ1) is 10.6. The number of halogens is 1. The van der Waals surface area contributed by atoms with Gasteiger partial charge in [-0.25, -0.2) is 4.39 Å². The largest absolute Gasteiger partial charge is 0.380 e. The first-order chi connectivity index (χ1) is 7.27. The summed E-state index contributed by atoms with van der Waals surface area (Å²) in [5.74, 6) is -0.206. The van der Waals surface area contributed by atoms with Gasteiger partial charge in [-0.05, 0) is 30.5 Å². The molecule has 1 aliphatic heterocycles. The lowest BCUT2D eigenvalue weighted by molar-refractivity contribution is 0.0377. The maximum absolute atomic E-state index is 12.8. The summed E-state index contributed by atoms with van der Waals surface area (Å²) >= 11 is 0. The van der Waals surface area contributed by atoms with Crippen molar-refractivity contribution in [2.45, 2.75) is 18.3 Å². The van der Waals surface area contributed by atoms with Crippen LogP contribution in [0.3, 0.4) is 0 Å². The van der Waals surface area contributed by atoms with Gasteiger partial charge in [0.1, 0.15) is 5.82 Å². The van der Waals surface area contributed by atoms with Crippen LogP contribution in [0.1, 0.15) is 18.4 Å². The highest BCUT2D eigenvalue weighted by Gasteiger charge is 2.33. The zero-order valence-corrected chi connectivity index (χ0v) is 8.71. The molecule has 0 spiro atoms. The molecule has 1 unspecified atom stereocenters. The summed E-state index contributed by atoms with van der Waals surface area (Å²) < 4.78 is 18.3. The van der Waals surface area contributed by atoms with Crippen LogP contribution in [0.4, 0.5) is 4.39 Å². The Bertz CT molecular complexity index is 317. The van der Waals surface area contributed by atoms with Crippen molar-refractivity contribution in [2.24, 2.45) is 5.73 Å². The van der Waals surface area contributed by atoms with Gasteiger partial charge >= 0.3 is 0 Å². The topological polar surface area (TPSA) is 35.2 Å². The minimum Gasteiger partial charge on any atom is -0.380 e. The second kappa shape index (κ2) is 4.29. The fraction of sp³-hybridized carbons (Fsp3) is 0.500. The van der Waals surface area contributed by atoms with E-state index >= 15 is 0 Å². The van der Waals surface area contributed by atoms with E-state index in [4.69, 9.17) is 10.5 Å². The predicted octanol–water partition coefficient (Wildman–Crippen LogP) is 1.83. The van der Waals surface area contributed by atoms with Gasteiger partial charge in [0, 0.05) is 18.6 Å². The minimum absolute atomic E-state index is 0.105. The maximum Gasteiger partial charge on any atom is 0.123 e. The Labute approximate surface area is 89.2 Å². The van der Waals surface area contributed by atoms with Crippen LogP contribution in [-0.4, -0.2) is 19.8 Å². The zero-order chi connectivity index (χ0) is 10.7. The minimum atomic E-state index is -0.206. The van der Waals surface area contributed by atoms with Crippen molar-refractivity contribution in [2.75, 3.05) is 19.8 Å². The number of rotatable bonds is 2. The van der Waals surface area contributed by atoms with Gasteiger partial charge in [0.2, 0.25) is 0 Å². The van der Waals surface area contributed by atoms with Crippen molar-refractivity contribution in [1.82, 2.24) is 0 Å². The van der Waals surface area contributed by atoms with E-state index in [1.807, 2.05) is 12.1 Å². The second-order valence-electron chi connectivity index (χ2n) is 4.15. The van der Waals surface area contributed by atoms with Gasteiger partial charge in [-0.1, -0.05) is 12.1 Å². The molecule has 1 saturated heterocycles. The molecule has 15 heavy (non-hydrogen) atoms. The lowest BCUT2D eigenvalue weighted by Gasteiger charge is -2.36. The Morgan fingerprint density at radius 2 is 2.07 bits per heavy atom. The van der Waals surface area contributed by atoms with Crippen molar-refractivity contribution in [3.63, 3.8) is 0 Å². The number of ether oxygens (including phenoxy) is 1. The molecule has 1 fully saturated rings. The summed E-state index contributed by atoms with van der Waals surface area (Å²) in [6.45, 7) is 2.01. The molecule has 2 N–H and O–H groups in total. The molecule has 0 amide bonds. The van der Waals surface area contributed by atoms with Crippen molar-refractivity contribution >= 4 is 0 Å². The van der Waals surface area contributed by atoms with E-state index in [2.05, 4.69) is 0 Å². The molecule has 1 atom stereocenters. The molecule has 2 rings (SSSR count). The van der Waals surface area contributed by atoms with Crippen molar-refractivity contribution in [1.29, 1.82) is 0 Å². The monoisotopic (exact) mass is 209 g/mol. The van der Waals surface area contributed by atoms with Gasteiger partial charge < -0.3 is 10.5 Å². The second-order valence-corrected chi connectivity index (χ2v) is 4.15. The average molecular weight is 209 g/mol. The molecule has 0 aliphatic carbocycles. The molecule has 0 aromatic heterocycles. The van der Waals surface area contributed by atoms with Gasteiger partial charge in [0.05, 0.1) is 6.61 Å². The van der Waals surface area contributed by atoms with Gasteiger partial charge in [0.15, 0.2) is 0 Å². The highest BCUT2D eigenvalue weighted by Crippen LogP contribution is 2.32. The number of hydrogen-bond acceptors (Lipinski definition) is 2. The molecule has 1 heterocycles. The molecule has 1 aromatic rings. The molecule has 1 aromatic carbocycles. The summed E-state index contributed by atoms with van der Waals surface area (Å²) in [4.78, 5) is 0. The Kier molecular flexibility index (Phi) is 3.03. The van der Waals surface area contributed by atoms with Crippen LogP contribution >= 0.6 is 0 Å². The van der Waals surface area contributed by atoms with E-state index in [0.717, 1.165) is 25.0 Å². The van der Waals surface area contributed by atoms with E-state index in [0.29, 0.717) is 13.2 Å². The van der Waals surface area contributed by atoms with E-state index in [1.165, 1.54) is 12.1 Å². The lowest BCUT2D eigenvalue weighted by atomic mass is 9.76. The van der Waals surface area contributed by atoms with E-state index in [1.54, 1.807) is 0 Å². The zero-order valence-electron chi connectivity index (χ0n) is 8.71. The molecule has 0 bridgehead atoms. The summed E-state index contributed by atoms with van der Waals surface area (Å²) in [7, 11) is 0. The third-order valence-electron chi connectivity index (χ3n) is 3.17. The van der Waals surface area contributed by atoms with Gasteiger partial charge in [0.25, 0.3) is 0 Å². The fourth-order valence-corrected chi connectivity index (χ4v) is 2.16.